The second-order valence-corrected chi connectivity index (χ2v) is 13.1. The number of nitro benzene ring substituents is 1. The van der Waals surface area contributed by atoms with Gasteiger partial charge in [-0.15, -0.1) is 0 Å². The molecule has 10 heteroatoms. The van der Waals surface area contributed by atoms with Crippen molar-refractivity contribution in [2.45, 2.75) is 51.5 Å². The Morgan fingerprint density at radius 2 is 1.65 bits per heavy atom. The van der Waals surface area contributed by atoms with E-state index in [-0.39, 0.29) is 36.1 Å². The van der Waals surface area contributed by atoms with E-state index < -0.39 is 14.9 Å². The Bertz CT molecular complexity index is 1060. The molecule has 0 radical (unpaired) electrons. The summed E-state index contributed by atoms with van der Waals surface area (Å²) in [5.41, 5.74) is 0.754. The van der Waals surface area contributed by atoms with Gasteiger partial charge in [0.2, 0.25) is 10.0 Å². The summed E-state index contributed by atoms with van der Waals surface area (Å²) in [6.45, 7) is 3.39. The highest BCUT2D eigenvalue weighted by molar-refractivity contribution is 7.88. The fourth-order valence-electron chi connectivity index (χ4n) is 7.48. The Morgan fingerprint density at radius 3 is 2.15 bits per heavy atom. The topological polar surface area (TPSA) is 113 Å². The van der Waals surface area contributed by atoms with Crippen LogP contribution in [0.5, 0.6) is 0 Å². The van der Waals surface area contributed by atoms with E-state index in [1.54, 1.807) is 12.1 Å². The van der Waals surface area contributed by atoms with Crippen LogP contribution in [0.15, 0.2) is 18.2 Å². The molecule has 34 heavy (non-hydrogen) atoms. The van der Waals surface area contributed by atoms with Gasteiger partial charge in [-0.1, -0.05) is 0 Å². The van der Waals surface area contributed by atoms with Gasteiger partial charge in [-0.05, 0) is 80.8 Å². The third-order valence-electron chi connectivity index (χ3n) is 8.83. The summed E-state index contributed by atoms with van der Waals surface area (Å²) in [6, 6.07) is 4.67. The number of nitro groups is 1. The van der Waals surface area contributed by atoms with Crippen LogP contribution >= 0.6 is 0 Å². The van der Waals surface area contributed by atoms with E-state index in [4.69, 9.17) is 0 Å². The largest absolute Gasteiger partial charge is 0.363 e. The summed E-state index contributed by atoms with van der Waals surface area (Å²) in [4.78, 5) is 26.4. The zero-order valence-electron chi connectivity index (χ0n) is 19.9. The van der Waals surface area contributed by atoms with Crippen LogP contribution in [-0.4, -0.2) is 62.0 Å². The van der Waals surface area contributed by atoms with E-state index in [0.29, 0.717) is 24.3 Å². The molecular weight excluding hydrogens is 456 g/mol. The number of amides is 1. The van der Waals surface area contributed by atoms with Gasteiger partial charge in [0.15, 0.2) is 0 Å². The molecule has 1 amide bonds. The van der Waals surface area contributed by atoms with Gasteiger partial charge < -0.3 is 10.2 Å². The Morgan fingerprint density at radius 1 is 1.09 bits per heavy atom. The van der Waals surface area contributed by atoms with Crippen molar-refractivity contribution in [3.63, 3.8) is 0 Å². The number of benzene rings is 1. The van der Waals surface area contributed by atoms with Crippen LogP contribution in [-0.2, 0) is 10.0 Å². The maximum Gasteiger partial charge on any atom is 0.293 e. The fourth-order valence-corrected chi connectivity index (χ4v) is 8.31. The van der Waals surface area contributed by atoms with Gasteiger partial charge in [0.25, 0.3) is 11.6 Å². The van der Waals surface area contributed by atoms with Crippen molar-refractivity contribution in [3.05, 3.63) is 33.9 Å². The van der Waals surface area contributed by atoms with Crippen molar-refractivity contribution < 1.29 is 18.1 Å². The number of hydrogen-bond acceptors (Lipinski definition) is 6. The minimum absolute atomic E-state index is 0.0382. The summed E-state index contributed by atoms with van der Waals surface area (Å²) in [5.74, 6) is 2.09. The van der Waals surface area contributed by atoms with E-state index in [2.05, 4.69) is 12.2 Å². The average Bonchev–Trinajstić information content (AvgIpc) is 2.77. The quantitative estimate of drug-likeness (QED) is 0.485. The lowest BCUT2D eigenvalue weighted by atomic mass is 9.48. The minimum Gasteiger partial charge on any atom is -0.363 e. The summed E-state index contributed by atoms with van der Waals surface area (Å²) in [6.07, 6.45) is 8.73. The van der Waals surface area contributed by atoms with E-state index >= 15 is 0 Å². The summed E-state index contributed by atoms with van der Waals surface area (Å²) < 4.78 is 24.9. The lowest BCUT2D eigenvalue weighted by Crippen LogP contribution is -2.55. The molecule has 1 aromatic carbocycles. The molecule has 186 valence electrons. The summed E-state index contributed by atoms with van der Waals surface area (Å²) in [7, 11) is -3.28. The van der Waals surface area contributed by atoms with E-state index in [1.807, 2.05) is 4.90 Å². The standard InChI is InChI=1S/C24H34N4O5S/c1-16(24-13-17-9-18(14-24)11-19(10-17)15-24)25-23(29)20-3-4-21(22(12-20)28(30)31)26-5-7-27(8-6-26)34(2,32)33/h3-4,12,16-19H,5-11,13-15H2,1-2H3,(H,25,29). The second kappa shape index (κ2) is 8.48. The second-order valence-electron chi connectivity index (χ2n) is 11.1. The molecule has 1 saturated heterocycles. The van der Waals surface area contributed by atoms with Crippen molar-refractivity contribution in [3.8, 4) is 0 Å². The third-order valence-corrected chi connectivity index (χ3v) is 10.1. The van der Waals surface area contributed by atoms with Crippen molar-refractivity contribution in [2.24, 2.45) is 23.2 Å². The highest BCUT2D eigenvalue weighted by Gasteiger charge is 2.53. The lowest BCUT2D eigenvalue weighted by molar-refractivity contribution is -0.384. The predicted molar refractivity (Wildman–Crippen MR) is 129 cm³/mol. The summed E-state index contributed by atoms with van der Waals surface area (Å²) in [5, 5.41) is 15.0. The van der Waals surface area contributed by atoms with Crippen LogP contribution in [0.4, 0.5) is 11.4 Å². The van der Waals surface area contributed by atoms with Crippen LogP contribution in [0.25, 0.3) is 0 Å². The molecule has 1 unspecified atom stereocenters. The first-order chi connectivity index (χ1) is 16.0. The fraction of sp³-hybridized carbons (Fsp3) is 0.708. The Hall–Kier alpha value is -2.20. The number of anilines is 1. The zero-order valence-corrected chi connectivity index (χ0v) is 20.7. The van der Waals surface area contributed by atoms with Gasteiger partial charge in [0.1, 0.15) is 5.69 Å². The van der Waals surface area contributed by atoms with Gasteiger partial charge in [-0.3, -0.25) is 14.9 Å². The summed E-state index contributed by atoms with van der Waals surface area (Å²) >= 11 is 0. The highest BCUT2D eigenvalue weighted by atomic mass is 32.2. The van der Waals surface area contributed by atoms with Crippen LogP contribution < -0.4 is 10.2 Å². The molecule has 4 saturated carbocycles. The maximum absolute atomic E-state index is 13.1. The van der Waals surface area contributed by atoms with Crippen LogP contribution in [0, 0.1) is 33.3 Å². The SMILES string of the molecule is CC(NC(=O)c1ccc(N2CCN(S(C)(=O)=O)CC2)c([N+](=O)[O-])c1)C12CC3CC(CC(C3)C1)C2. The van der Waals surface area contributed by atoms with Gasteiger partial charge in [-0.2, -0.15) is 4.31 Å². The number of piperazine rings is 1. The smallest absolute Gasteiger partial charge is 0.293 e. The normalized spacial score (nSPS) is 31.9. The molecule has 5 fully saturated rings. The number of nitrogens with one attached hydrogen (secondary N) is 1. The molecule has 1 aliphatic heterocycles. The Labute approximate surface area is 201 Å². The number of rotatable bonds is 6. The maximum atomic E-state index is 13.1. The molecule has 1 heterocycles. The van der Waals surface area contributed by atoms with Crippen molar-refractivity contribution >= 4 is 27.3 Å². The molecule has 1 N–H and O–H groups in total. The van der Waals surface area contributed by atoms with E-state index in [9.17, 15) is 23.3 Å². The zero-order chi connectivity index (χ0) is 24.3. The first kappa shape index (κ1) is 23.5. The first-order valence-electron chi connectivity index (χ1n) is 12.3. The number of sulfonamides is 1. The molecular formula is C24H34N4O5S. The van der Waals surface area contributed by atoms with Gasteiger partial charge in [0.05, 0.1) is 11.2 Å². The molecule has 0 aromatic heterocycles. The third kappa shape index (κ3) is 4.30. The monoisotopic (exact) mass is 490 g/mol. The number of hydrogen-bond donors (Lipinski definition) is 1. The Kier molecular flexibility index (Phi) is 5.87. The molecule has 9 nitrogen and oxygen atoms in total. The Balaban J connectivity index is 1.30. The van der Waals surface area contributed by atoms with Gasteiger partial charge in [0, 0.05) is 43.9 Å². The van der Waals surface area contributed by atoms with E-state index in [1.165, 1.54) is 55.2 Å². The molecule has 1 atom stereocenters. The molecule has 0 spiro atoms. The van der Waals surface area contributed by atoms with Gasteiger partial charge in [-0.25, -0.2) is 8.42 Å². The molecule has 4 aliphatic carbocycles. The number of carbonyl (C=O) groups is 1. The average molecular weight is 491 g/mol. The van der Waals surface area contributed by atoms with Crippen molar-refractivity contribution in [2.75, 3.05) is 37.3 Å². The number of carbonyl (C=O) groups excluding carboxylic acids is 1. The van der Waals surface area contributed by atoms with Crippen molar-refractivity contribution in [1.29, 1.82) is 0 Å². The highest BCUT2D eigenvalue weighted by Crippen LogP contribution is 2.61. The van der Waals surface area contributed by atoms with Crippen LogP contribution in [0.3, 0.4) is 0 Å². The van der Waals surface area contributed by atoms with E-state index in [0.717, 1.165) is 17.8 Å². The predicted octanol–water partition coefficient (Wildman–Crippen LogP) is 3.01. The number of nitrogens with zero attached hydrogens (tertiary/aromatic N) is 3. The van der Waals surface area contributed by atoms with Crippen LogP contribution in [0.2, 0.25) is 0 Å². The molecule has 5 aliphatic rings. The first-order valence-corrected chi connectivity index (χ1v) is 14.2. The van der Waals surface area contributed by atoms with Crippen LogP contribution in [0.1, 0.15) is 55.8 Å². The minimum atomic E-state index is -3.28. The van der Waals surface area contributed by atoms with Crippen molar-refractivity contribution in [1.82, 2.24) is 9.62 Å². The molecule has 4 bridgehead atoms. The lowest BCUT2D eigenvalue weighted by Gasteiger charge is -2.59. The van der Waals surface area contributed by atoms with Gasteiger partial charge >= 0.3 is 0 Å². The molecule has 6 rings (SSSR count). The molecule has 1 aromatic rings.